The number of anilines is 1. The van der Waals surface area contributed by atoms with Crippen LogP contribution in [0.25, 0.3) is 11.5 Å². The third-order valence-electron chi connectivity index (χ3n) is 4.08. The molecule has 0 aliphatic heterocycles. The molecule has 9 nitrogen and oxygen atoms in total. The lowest BCUT2D eigenvalue weighted by molar-refractivity contribution is -0.384. The molecular formula is C19H18N4O5S. The van der Waals surface area contributed by atoms with Crippen molar-refractivity contribution >= 4 is 29.0 Å². The van der Waals surface area contributed by atoms with Crippen LogP contribution in [0.2, 0.25) is 0 Å². The van der Waals surface area contributed by atoms with E-state index in [0.717, 1.165) is 22.9 Å². The van der Waals surface area contributed by atoms with Crippen LogP contribution in [0.3, 0.4) is 0 Å². The molecule has 1 amide bonds. The number of carbonyl (C=O) groups is 1. The second kappa shape index (κ2) is 8.74. The maximum atomic E-state index is 12.5. The summed E-state index contributed by atoms with van der Waals surface area (Å²) >= 11 is 1.09. The molecule has 1 aromatic heterocycles. The van der Waals surface area contributed by atoms with Crippen molar-refractivity contribution in [3.63, 3.8) is 0 Å². The number of ether oxygens (including phenoxy) is 1. The first kappa shape index (κ1) is 20.3. The summed E-state index contributed by atoms with van der Waals surface area (Å²) in [6.45, 7) is 3.61. The van der Waals surface area contributed by atoms with E-state index in [1.807, 2.05) is 31.2 Å². The molecule has 3 aromatic rings. The summed E-state index contributed by atoms with van der Waals surface area (Å²) in [5.41, 5.74) is 1.88. The first-order chi connectivity index (χ1) is 13.9. The highest BCUT2D eigenvalue weighted by Gasteiger charge is 2.21. The number of nitrogens with one attached hydrogen (secondary N) is 1. The topological polar surface area (TPSA) is 120 Å². The zero-order valence-electron chi connectivity index (χ0n) is 15.9. The van der Waals surface area contributed by atoms with Crippen LogP contribution in [0.4, 0.5) is 11.4 Å². The van der Waals surface area contributed by atoms with Gasteiger partial charge >= 0.3 is 0 Å². The third-order valence-corrected chi connectivity index (χ3v) is 5.01. The van der Waals surface area contributed by atoms with Crippen molar-refractivity contribution in [2.75, 3.05) is 12.4 Å². The van der Waals surface area contributed by atoms with Gasteiger partial charge in [-0.25, -0.2) is 0 Å². The van der Waals surface area contributed by atoms with Crippen molar-refractivity contribution in [3.05, 3.63) is 58.1 Å². The van der Waals surface area contributed by atoms with E-state index < -0.39 is 10.2 Å². The van der Waals surface area contributed by atoms with Gasteiger partial charge in [0.05, 0.1) is 23.0 Å². The number of benzene rings is 2. The van der Waals surface area contributed by atoms with Crippen LogP contribution in [-0.2, 0) is 4.79 Å². The van der Waals surface area contributed by atoms with Gasteiger partial charge in [0.1, 0.15) is 5.75 Å². The van der Waals surface area contributed by atoms with Gasteiger partial charge in [-0.15, -0.1) is 10.2 Å². The van der Waals surface area contributed by atoms with Gasteiger partial charge in [-0.3, -0.25) is 14.9 Å². The van der Waals surface area contributed by atoms with Crippen molar-refractivity contribution < 1.29 is 18.9 Å². The second-order valence-electron chi connectivity index (χ2n) is 6.08. The zero-order chi connectivity index (χ0) is 21.0. The molecule has 0 fully saturated rings. The Kier molecular flexibility index (Phi) is 6.13. The van der Waals surface area contributed by atoms with E-state index in [-0.39, 0.29) is 22.5 Å². The van der Waals surface area contributed by atoms with Crippen LogP contribution in [-0.4, -0.2) is 33.4 Å². The SMILES string of the molecule is COc1ccc([N+](=O)[O-])cc1NC(=O)[C@H](C)Sc1nnc(-c2ccccc2C)o1. The average Bonchev–Trinajstić information content (AvgIpc) is 3.16. The Labute approximate surface area is 170 Å². The lowest BCUT2D eigenvalue weighted by Crippen LogP contribution is -2.22. The molecule has 0 aliphatic carbocycles. The van der Waals surface area contributed by atoms with Gasteiger partial charge in [-0.05, 0) is 31.5 Å². The number of carbonyl (C=O) groups excluding carboxylic acids is 1. The fraction of sp³-hybridized carbons (Fsp3) is 0.211. The summed E-state index contributed by atoms with van der Waals surface area (Å²) in [5.74, 6) is 0.309. The molecule has 3 rings (SSSR count). The minimum Gasteiger partial charge on any atom is -0.495 e. The van der Waals surface area contributed by atoms with E-state index >= 15 is 0 Å². The Morgan fingerprint density at radius 2 is 2.03 bits per heavy atom. The van der Waals surface area contributed by atoms with E-state index in [9.17, 15) is 14.9 Å². The fourth-order valence-corrected chi connectivity index (χ4v) is 3.21. The number of nitrogens with zero attached hydrogens (tertiary/aromatic N) is 3. The molecule has 0 spiro atoms. The smallest absolute Gasteiger partial charge is 0.277 e. The summed E-state index contributed by atoms with van der Waals surface area (Å²) in [6.07, 6.45) is 0. The number of nitro groups is 1. The molecule has 0 bridgehead atoms. The Morgan fingerprint density at radius 1 is 1.28 bits per heavy atom. The molecule has 2 aromatic carbocycles. The number of nitro benzene ring substituents is 1. The van der Waals surface area contributed by atoms with E-state index in [1.54, 1.807) is 6.92 Å². The average molecular weight is 414 g/mol. The highest BCUT2D eigenvalue weighted by atomic mass is 32.2. The molecule has 0 unspecified atom stereocenters. The van der Waals surface area contributed by atoms with Crippen LogP contribution in [0.1, 0.15) is 12.5 Å². The van der Waals surface area contributed by atoms with Crippen molar-refractivity contribution in [2.45, 2.75) is 24.3 Å². The number of hydrogen-bond acceptors (Lipinski definition) is 8. The van der Waals surface area contributed by atoms with Crippen LogP contribution in [0, 0.1) is 17.0 Å². The third kappa shape index (κ3) is 4.72. The predicted molar refractivity (Wildman–Crippen MR) is 108 cm³/mol. The van der Waals surface area contributed by atoms with Gasteiger partial charge in [0, 0.05) is 17.7 Å². The first-order valence-electron chi connectivity index (χ1n) is 8.58. The molecule has 0 saturated heterocycles. The second-order valence-corrected chi connectivity index (χ2v) is 7.37. The fourth-order valence-electron chi connectivity index (χ4n) is 2.53. The molecular weight excluding hydrogens is 396 g/mol. The van der Waals surface area contributed by atoms with Crippen molar-refractivity contribution in [1.29, 1.82) is 0 Å². The molecule has 0 aliphatic rings. The minimum absolute atomic E-state index is 0.152. The Morgan fingerprint density at radius 3 is 2.72 bits per heavy atom. The molecule has 1 heterocycles. The summed E-state index contributed by atoms with van der Waals surface area (Å²) < 4.78 is 10.8. The normalized spacial score (nSPS) is 11.7. The van der Waals surface area contributed by atoms with E-state index in [2.05, 4.69) is 15.5 Å². The molecule has 1 atom stereocenters. The van der Waals surface area contributed by atoms with E-state index in [1.165, 1.54) is 25.3 Å². The van der Waals surface area contributed by atoms with Crippen LogP contribution >= 0.6 is 11.8 Å². The number of amides is 1. The zero-order valence-corrected chi connectivity index (χ0v) is 16.7. The molecule has 0 radical (unpaired) electrons. The Balaban J connectivity index is 1.71. The Bertz CT molecular complexity index is 1050. The van der Waals surface area contributed by atoms with Crippen LogP contribution in [0.15, 0.2) is 52.1 Å². The number of aryl methyl sites for hydroxylation is 1. The van der Waals surface area contributed by atoms with Gasteiger partial charge in [0.25, 0.3) is 10.9 Å². The first-order valence-corrected chi connectivity index (χ1v) is 9.46. The molecule has 150 valence electrons. The number of aromatic nitrogens is 2. The standard InChI is InChI=1S/C19H18N4O5S/c1-11-6-4-5-7-14(11)18-21-22-19(28-18)29-12(2)17(24)20-15-10-13(23(25)26)8-9-16(15)27-3/h4-10,12H,1-3H3,(H,20,24)/t12-/m0/s1. The summed E-state index contributed by atoms with van der Waals surface area (Å²) in [5, 5.41) is 21.3. The maximum Gasteiger partial charge on any atom is 0.277 e. The quantitative estimate of drug-likeness (QED) is 0.349. The van der Waals surface area contributed by atoms with Crippen molar-refractivity contribution in [3.8, 4) is 17.2 Å². The highest BCUT2D eigenvalue weighted by Crippen LogP contribution is 2.31. The molecule has 1 N–H and O–H groups in total. The highest BCUT2D eigenvalue weighted by molar-refractivity contribution is 8.00. The van der Waals surface area contributed by atoms with Crippen molar-refractivity contribution in [2.24, 2.45) is 0 Å². The maximum absolute atomic E-state index is 12.5. The van der Waals surface area contributed by atoms with Gasteiger partial charge < -0.3 is 14.5 Å². The van der Waals surface area contributed by atoms with Gasteiger partial charge in [0.15, 0.2) is 0 Å². The summed E-state index contributed by atoms with van der Waals surface area (Å²) in [4.78, 5) is 23.0. The summed E-state index contributed by atoms with van der Waals surface area (Å²) in [6, 6.07) is 11.6. The predicted octanol–water partition coefficient (Wildman–Crippen LogP) is 4.08. The van der Waals surface area contributed by atoms with Crippen LogP contribution in [0.5, 0.6) is 5.75 Å². The van der Waals surface area contributed by atoms with Crippen LogP contribution < -0.4 is 10.1 Å². The molecule has 29 heavy (non-hydrogen) atoms. The number of thioether (sulfide) groups is 1. The molecule has 10 heteroatoms. The number of hydrogen-bond donors (Lipinski definition) is 1. The number of non-ortho nitro benzene ring substituents is 1. The van der Waals surface area contributed by atoms with Gasteiger partial charge in [-0.2, -0.15) is 0 Å². The lowest BCUT2D eigenvalue weighted by Gasteiger charge is -2.12. The number of methoxy groups -OCH3 is 1. The monoisotopic (exact) mass is 414 g/mol. The Hall–Kier alpha value is -3.40. The van der Waals surface area contributed by atoms with E-state index in [4.69, 9.17) is 9.15 Å². The minimum atomic E-state index is -0.593. The van der Waals surface area contributed by atoms with E-state index in [0.29, 0.717) is 11.6 Å². The number of rotatable bonds is 7. The summed E-state index contributed by atoms with van der Waals surface area (Å²) in [7, 11) is 1.42. The lowest BCUT2D eigenvalue weighted by atomic mass is 10.1. The van der Waals surface area contributed by atoms with Gasteiger partial charge in [0.2, 0.25) is 11.8 Å². The van der Waals surface area contributed by atoms with Crippen molar-refractivity contribution in [1.82, 2.24) is 10.2 Å². The molecule has 0 saturated carbocycles. The largest absolute Gasteiger partial charge is 0.495 e. The van der Waals surface area contributed by atoms with Gasteiger partial charge in [-0.1, -0.05) is 30.0 Å².